The standard InChI is InChI=1S/C49H90O5/c1-4-7-10-13-16-18-20-22-24-26-28-30-32-35-38-41-44-52-45-47(54-49(51)43-40-37-33-15-12-9-6-3)46-53-48(50)42-39-36-34-31-29-27-25-23-21-19-17-14-11-8-5-2/h8,11,17,19,23,25,47H,4-7,9-10,12-16,18,20-22,24,26-46H2,1-3H3/b11-8-,19-17-,25-23-. The molecule has 0 aliphatic heterocycles. The van der Waals surface area contributed by atoms with E-state index in [2.05, 4.69) is 57.2 Å². The summed E-state index contributed by atoms with van der Waals surface area (Å²) in [6.07, 6.45) is 53.0. The Morgan fingerprint density at radius 3 is 1.33 bits per heavy atom. The Kier molecular flexibility index (Phi) is 43.9. The lowest BCUT2D eigenvalue weighted by atomic mass is 10.0. The quantitative estimate of drug-likeness (QED) is 0.0352. The van der Waals surface area contributed by atoms with Crippen molar-refractivity contribution >= 4 is 11.9 Å². The Morgan fingerprint density at radius 1 is 0.426 bits per heavy atom. The molecule has 5 heteroatoms. The molecule has 0 amide bonds. The van der Waals surface area contributed by atoms with Crippen LogP contribution in [0.1, 0.15) is 239 Å². The molecule has 0 N–H and O–H groups in total. The molecule has 316 valence electrons. The maximum atomic E-state index is 12.6. The molecule has 0 saturated carbocycles. The van der Waals surface area contributed by atoms with Crippen molar-refractivity contribution in [2.75, 3.05) is 19.8 Å². The third-order valence-corrected chi connectivity index (χ3v) is 10.2. The van der Waals surface area contributed by atoms with Crippen molar-refractivity contribution in [2.24, 2.45) is 0 Å². The molecular weight excluding hydrogens is 669 g/mol. The van der Waals surface area contributed by atoms with Gasteiger partial charge in [-0.2, -0.15) is 0 Å². The number of hydrogen-bond acceptors (Lipinski definition) is 5. The lowest BCUT2D eigenvalue weighted by Gasteiger charge is -2.18. The molecule has 0 saturated heterocycles. The highest BCUT2D eigenvalue weighted by Gasteiger charge is 2.17. The molecule has 0 spiro atoms. The van der Waals surface area contributed by atoms with E-state index >= 15 is 0 Å². The molecule has 0 bridgehead atoms. The molecule has 0 heterocycles. The average molecular weight is 759 g/mol. The zero-order valence-corrected chi connectivity index (χ0v) is 36.2. The maximum Gasteiger partial charge on any atom is 0.306 e. The van der Waals surface area contributed by atoms with Gasteiger partial charge >= 0.3 is 11.9 Å². The van der Waals surface area contributed by atoms with Gasteiger partial charge in [-0.3, -0.25) is 9.59 Å². The number of ether oxygens (including phenoxy) is 3. The molecule has 0 aromatic heterocycles. The van der Waals surface area contributed by atoms with Crippen LogP contribution in [0.5, 0.6) is 0 Å². The topological polar surface area (TPSA) is 61.8 Å². The smallest absolute Gasteiger partial charge is 0.306 e. The molecule has 0 aromatic carbocycles. The van der Waals surface area contributed by atoms with Crippen molar-refractivity contribution in [3.05, 3.63) is 36.5 Å². The van der Waals surface area contributed by atoms with Crippen molar-refractivity contribution in [2.45, 2.75) is 245 Å². The lowest BCUT2D eigenvalue weighted by molar-refractivity contribution is -0.163. The summed E-state index contributed by atoms with van der Waals surface area (Å²) >= 11 is 0. The summed E-state index contributed by atoms with van der Waals surface area (Å²) in [6.45, 7) is 7.69. The van der Waals surface area contributed by atoms with E-state index in [-0.39, 0.29) is 25.2 Å². The predicted octanol–water partition coefficient (Wildman–Crippen LogP) is 15.4. The predicted molar refractivity (Wildman–Crippen MR) is 233 cm³/mol. The van der Waals surface area contributed by atoms with E-state index in [1.54, 1.807) is 0 Å². The highest BCUT2D eigenvalue weighted by atomic mass is 16.6. The molecule has 1 atom stereocenters. The van der Waals surface area contributed by atoms with Gasteiger partial charge in [0.2, 0.25) is 0 Å². The van der Waals surface area contributed by atoms with Gasteiger partial charge < -0.3 is 14.2 Å². The molecule has 0 aromatic rings. The summed E-state index contributed by atoms with van der Waals surface area (Å²) in [5.41, 5.74) is 0. The maximum absolute atomic E-state index is 12.6. The van der Waals surface area contributed by atoms with Crippen LogP contribution >= 0.6 is 0 Å². The second-order valence-corrected chi connectivity index (χ2v) is 15.6. The fraction of sp³-hybridized carbons (Fsp3) is 0.837. The second kappa shape index (κ2) is 45.5. The highest BCUT2D eigenvalue weighted by molar-refractivity contribution is 5.70. The molecule has 0 rings (SSSR count). The van der Waals surface area contributed by atoms with Crippen LogP contribution in [-0.4, -0.2) is 37.9 Å². The molecule has 0 fully saturated rings. The Balaban J connectivity index is 4.13. The van der Waals surface area contributed by atoms with E-state index in [0.717, 1.165) is 64.2 Å². The first-order valence-corrected chi connectivity index (χ1v) is 23.5. The van der Waals surface area contributed by atoms with Crippen LogP contribution in [0.15, 0.2) is 36.5 Å². The third-order valence-electron chi connectivity index (χ3n) is 10.2. The zero-order valence-electron chi connectivity index (χ0n) is 36.2. The summed E-state index contributed by atoms with van der Waals surface area (Å²) in [7, 11) is 0. The Bertz CT molecular complexity index is 862. The number of carbonyl (C=O) groups is 2. The SMILES string of the molecule is CC/C=C\C/C=C\C/C=C\CCCCCCCC(=O)OCC(COCCCCCCCCCCCCCCCCCC)OC(=O)CCCCCCCCC. The number of hydrogen-bond donors (Lipinski definition) is 0. The van der Waals surface area contributed by atoms with Gasteiger partial charge in [-0.1, -0.05) is 211 Å². The van der Waals surface area contributed by atoms with Gasteiger partial charge in [0, 0.05) is 19.4 Å². The minimum Gasteiger partial charge on any atom is -0.462 e. The molecule has 0 aliphatic carbocycles. The molecule has 5 nitrogen and oxygen atoms in total. The monoisotopic (exact) mass is 759 g/mol. The van der Waals surface area contributed by atoms with Crippen molar-refractivity contribution < 1.29 is 23.8 Å². The zero-order chi connectivity index (χ0) is 39.3. The summed E-state index contributed by atoms with van der Waals surface area (Å²) in [4.78, 5) is 25.1. The van der Waals surface area contributed by atoms with Crippen LogP contribution in [0.4, 0.5) is 0 Å². The first kappa shape index (κ1) is 52.1. The van der Waals surface area contributed by atoms with Gasteiger partial charge in [0.25, 0.3) is 0 Å². The van der Waals surface area contributed by atoms with Crippen LogP contribution in [-0.2, 0) is 23.8 Å². The largest absolute Gasteiger partial charge is 0.462 e. The fourth-order valence-electron chi connectivity index (χ4n) is 6.70. The van der Waals surface area contributed by atoms with Crippen LogP contribution in [0, 0.1) is 0 Å². The van der Waals surface area contributed by atoms with Crippen molar-refractivity contribution in [3.63, 3.8) is 0 Å². The van der Waals surface area contributed by atoms with E-state index in [1.165, 1.54) is 141 Å². The van der Waals surface area contributed by atoms with E-state index in [9.17, 15) is 9.59 Å². The van der Waals surface area contributed by atoms with Gasteiger partial charge in [-0.25, -0.2) is 0 Å². The van der Waals surface area contributed by atoms with Crippen LogP contribution in [0.3, 0.4) is 0 Å². The normalized spacial score (nSPS) is 12.4. The molecular formula is C49H90O5. The van der Waals surface area contributed by atoms with Crippen LogP contribution in [0.2, 0.25) is 0 Å². The Morgan fingerprint density at radius 2 is 0.833 bits per heavy atom. The first-order chi connectivity index (χ1) is 26.6. The first-order valence-electron chi connectivity index (χ1n) is 23.5. The summed E-state index contributed by atoms with van der Waals surface area (Å²) in [5.74, 6) is -0.413. The van der Waals surface area contributed by atoms with Gasteiger partial charge in [-0.15, -0.1) is 0 Å². The molecule has 1 unspecified atom stereocenters. The van der Waals surface area contributed by atoms with Crippen molar-refractivity contribution in [3.8, 4) is 0 Å². The average Bonchev–Trinajstić information content (AvgIpc) is 3.17. The number of carbonyl (C=O) groups excluding carboxylic acids is 2. The number of unbranched alkanes of at least 4 members (excludes halogenated alkanes) is 26. The minimum atomic E-state index is -0.534. The Hall–Kier alpha value is -1.88. The lowest BCUT2D eigenvalue weighted by Crippen LogP contribution is -2.30. The highest BCUT2D eigenvalue weighted by Crippen LogP contribution is 2.15. The number of rotatable bonds is 43. The second-order valence-electron chi connectivity index (χ2n) is 15.6. The molecule has 0 aliphatic rings. The Labute approximate surface area is 336 Å². The fourth-order valence-corrected chi connectivity index (χ4v) is 6.70. The van der Waals surface area contributed by atoms with E-state index < -0.39 is 6.10 Å². The molecule has 0 radical (unpaired) electrons. The van der Waals surface area contributed by atoms with Gasteiger partial charge in [-0.05, 0) is 51.4 Å². The summed E-state index contributed by atoms with van der Waals surface area (Å²) in [5, 5.41) is 0. The van der Waals surface area contributed by atoms with Crippen LogP contribution in [0.25, 0.3) is 0 Å². The van der Waals surface area contributed by atoms with Gasteiger partial charge in [0.15, 0.2) is 6.10 Å². The third kappa shape index (κ3) is 42.9. The van der Waals surface area contributed by atoms with Crippen molar-refractivity contribution in [1.82, 2.24) is 0 Å². The number of allylic oxidation sites excluding steroid dienone is 6. The van der Waals surface area contributed by atoms with Crippen molar-refractivity contribution in [1.29, 1.82) is 0 Å². The summed E-state index contributed by atoms with van der Waals surface area (Å²) < 4.78 is 17.3. The molecule has 54 heavy (non-hydrogen) atoms. The van der Waals surface area contributed by atoms with E-state index in [4.69, 9.17) is 14.2 Å². The summed E-state index contributed by atoms with van der Waals surface area (Å²) in [6, 6.07) is 0. The van der Waals surface area contributed by atoms with Gasteiger partial charge in [0.05, 0.1) is 6.61 Å². The minimum absolute atomic E-state index is 0.0809. The van der Waals surface area contributed by atoms with Crippen LogP contribution < -0.4 is 0 Å². The van der Waals surface area contributed by atoms with E-state index in [0.29, 0.717) is 19.4 Å². The number of esters is 2. The van der Waals surface area contributed by atoms with E-state index in [1.807, 2.05) is 0 Å². The van der Waals surface area contributed by atoms with Gasteiger partial charge in [0.1, 0.15) is 6.61 Å².